The van der Waals surface area contributed by atoms with Crippen molar-refractivity contribution in [2.75, 3.05) is 31.6 Å². The van der Waals surface area contributed by atoms with Gasteiger partial charge in [-0.1, -0.05) is 6.07 Å². The Balaban J connectivity index is 1.56. The van der Waals surface area contributed by atoms with Crippen molar-refractivity contribution in [3.8, 4) is 5.75 Å². The zero-order chi connectivity index (χ0) is 16.4. The van der Waals surface area contributed by atoms with E-state index in [9.17, 15) is 9.82 Å². The summed E-state index contributed by atoms with van der Waals surface area (Å²) >= 11 is 0. The Hall–Kier alpha value is -1.53. The zero-order valence-corrected chi connectivity index (χ0v) is 14.0. The highest BCUT2D eigenvalue weighted by Crippen LogP contribution is 2.33. The second-order valence-corrected chi connectivity index (χ2v) is 6.69. The molecule has 0 saturated carbocycles. The van der Waals surface area contributed by atoms with Crippen molar-refractivity contribution in [2.24, 2.45) is 5.92 Å². The standard InChI is InChI=1S/C17H25BN2O3/c1-18(22)20-9-7-13(8-10-20)3-4-14-5-6-16-15(11-14)19(2)17(21)12-23-16/h5-6,11,13,22H,3-4,7-10,12H2,1-2H3. The summed E-state index contributed by atoms with van der Waals surface area (Å²) in [6.07, 6.45) is 4.48. The molecule has 124 valence electrons. The van der Waals surface area contributed by atoms with Gasteiger partial charge in [0, 0.05) is 7.05 Å². The predicted octanol–water partition coefficient (Wildman–Crippen LogP) is 1.80. The Labute approximate surface area is 138 Å². The third kappa shape index (κ3) is 3.70. The van der Waals surface area contributed by atoms with Gasteiger partial charge in [-0.3, -0.25) is 4.79 Å². The maximum atomic E-state index is 11.7. The minimum Gasteiger partial charge on any atom is -0.482 e. The van der Waals surface area contributed by atoms with Crippen molar-refractivity contribution in [3.05, 3.63) is 23.8 Å². The molecule has 23 heavy (non-hydrogen) atoms. The number of amides is 1. The number of carbonyl (C=O) groups is 1. The van der Waals surface area contributed by atoms with Crippen molar-refractivity contribution < 1.29 is 14.6 Å². The van der Waals surface area contributed by atoms with Crippen molar-refractivity contribution in [3.63, 3.8) is 0 Å². The maximum absolute atomic E-state index is 11.7. The van der Waals surface area contributed by atoms with Crippen molar-refractivity contribution in [1.82, 2.24) is 4.81 Å². The van der Waals surface area contributed by atoms with Crippen LogP contribution < -0.4 is 9.64 Å². The third-order valence-electron chi connectivity index (χ3n) is 5.13. The molecule has 0 aromatic heterocycles. The van der Waals surface area contributed by atoms with Gasteiger partial charge in [0.15, 0.2) is 6.61 Å². The third-order valence-corrected chi connectivity index (χ3v) is 5.13. The monoisotopic (exact) mass is 316 g/mol. The number of aryl methyl sites for hydroxylation is 1. The number of likely N-dealkylation sites (N-methyl/N-ethyl adjacent to an activating group) is 1. The minimum absolute atomic E-state index is 0.000134. The molecule has 1 aromatic rings. The fourth-order valence-corrected chi connectivity index (χ4v) is 3.46. The summed E-state index contributed by atoms with van der Waals surface area (Å²) in [5.41, 5.74) is 2.13. The van der Waals surface area contributed by atoms with E-state index in [-0.39, 0.29) is 19.6 Å². The number of fused-ring (bicyclic) bond motifs is 1. The summed E-state index contributed by atoms with van der Waals surface area (Å²) in [7, 11) is 1.48. The van der Waals surface area contributed by atoms with Crippen LogP contribution >= 0.6 is 0 Å². The van der Waals surface area contributed by atoms with Crippen LogP contribution in [-0.2, 0) is 11.2 Å². The largest absolute Gasteiger partial charge is 0.482 e. The smallest absolute Gasteiger partial charge is 0.376 e. The van der Waals surface area contributed by atoms with E-state index in [1.807, 2.05) is 12.9 Å². The van der Waals surface area contributed by atoms with Crippen LogP contribution in [0.15, 0.2) is 18.2 Å². The van der Waals surface area contributed by atoms with Crippen molar-refractivity contribution in [1.29, 1.82) is 0 Å². The number of anilines is 1. The number of carbonyl (C=O) groups excluding carboxylic acids is 1. The van der Waals surface area contributed by atoms with Gasteiger partial charge in [0.25, 0.3) is 5.91 Å². The van der Waals surface area contributed by atoms with E-state index in [2.05, 4.69) is 16.9 Å². The quantitative estimate of drug-likeness (QED) is 0.861. The first kappa shape index (κ1) is 16.3. The number of hydrogen-bond acceptors (Lipinski definition) is 4. The van der Waals surface area contributed by atoms with Gasteiger partial charge in [0.2, 0.25) is 0 Å². The molecule has 0 spiro atoms. The molecular formula is C17H25BN2O3. The Kier molecular flexibility index (Phi) is 4.92. The Bertz CT molecular complexity index is 571. The highest BCUT2D eigenvalue weighted by atomic mass is 16.5. The minimum atomic E-state index is -0.329. The molecule has 5 nitrogen and oxygen atoms in total. The molecule has 2 aliphatic heterocycles. The molecule has 1 N–H and O–H groups in total. The van der Waals surface area contributed by atoms with Gasteiger partial charge in [-0.15, -0.1) is 0 Å². The second-order valence-electron chi connectivity index (χ2n) is 6.69. The van der Waals surface area contributed by atoms with E-state index in [0.29, 0.717) is 0 Å². The predicted molar refractivity (Wildman–Crippen MR) is 91.8 cm³/mol. The van der Waals surface area contributed by atoms with E-state index in [1.54, 1.807) is 11.9 Å². The Morgan fingerprint density at radius 1 is 1.35 bits per heavy atom. The first-order valence-corrected chi connectivity index (χ1v) is 8.49. The molecule has 2 aliphatic rings. The van der Waals surface area contributed by atoms with E-state index in [1.165, 1.54) is 5.56 Å². The fraction of sp³-hybridized carbons (Fsp3) is 0.588. The number of benzene rings is 1. The van der Waals surface area contributed by atoms with E-state index in [0.717, 1.165) is 56.1 Å². The summed E-state index contributed by atoms with van der Waals surface area (Å²) in [6, 6.07) is 6.16. The number of piperidine rings is 1. The summed E-state index contributed by atoms with van der Waals surface area (Å²) in [5.74, 6) is 1.51. The van der Waals surface area contributed by atoms with Crippen LogP contribution in [0, 0.1) is 5.92 Å². The highest BCUT2D eigenvalue weighted by Gasteiger charge is 2.25. The normalized spacial score (nSPS) is 19.4. The van der Waals surface area contributed by atoms with Crippen LogP contribution in [0.4, 0.5) is 5.69 Å². The molecule has 1 saturated heterocycles. The van der Waals surface area contributed by atoms with Crippen LogP contribution in [0.1, 0.15) is 24.8 Å². The van der Waals surface area contributed by atoms with Crippen molar-refractivity contribution in [2.45, 2.75) is 32.5 Å². The van der Waals surface area contributed by atoms with Gasteiger partial charge in [-0.05, 0) is 69.2 Å². The van der Waals surface area contributed by atoms with Crippen LogP contribution in [0.3, 0.4) is 0 Å². The van der Waals surface area contributed by atoms with Gasteiger partial charge in [-0.25, -0.2) is 0 Å². The van der Waals surface area contributed by atoms with Gasteiger partial charge >= 0.3 is 7.05 Å². The average Bonchev–Trinajstić information content (AvgIpc) is 2.57. The lowest BCUT2D eigenvalue weighted by Crippen LogP contribution is -2.42. The van der Waals surface area contributed by atoms with Crippen LogP contribution in [0.25, 0.3) is 0 Å². The van der Waals surface area contributed by atoms with Gasteiger partial charge in [-0.2, -0.15) is 0 Å². The molecule has 1 amide bonds. The molecule has 0 unspecified atom stereocenters. The Morgan fingerprint density at radius 2 is 2.09 bits per heavy atom. The molecule has 0 aliphatic carbocycles. The molecule has 0 radical (unpaired) electrons. The molecule has 0 atom stereocenters. The highest BCUT2D eigenvalue weighted by molar-refractivity contribution is 6.45. The van der Waals surface area contributed by atoms with E-state index in [4.69, 9.17) is 4.74 Å². The topological polar surface area (TPSA) is 53.0 Å². The second kappa shape index (κ2) is 6.93. The number of rotatable bonds is 4. The Morgan fingerprint density at radius 3 is 2.78 bits per heavy atom. The zero-order valence-electron chi connectivity index (χ0n) is 14.0. The number of hydrogen-bond donors (Lipinski definition) is 1. The molecule has 1 aromatic carbocycles. The first-order valence-electron chi connectivity index (χ1n) is 8.49. The van der Waals surface area contributed by atoms with E-state index < -0.39 is 0 Å². The van der Waals surface area contributed by atoms with Crippen LogP contribution in [-0.4, -0.2) is 49.5 Å². The molecule has 6 heteroatoms. The first-order chi connectivity index (χ1) is 11.0. The van der Waals surface area contributed by atoms with Crippen molar-refractivity contribution >= 4 is 18.6 Å². The average molecular weight is 316 g/mol. The molecular weight excluding hydrogens is 291 g/mol. The van der Waals surface area contributed by atoms with Gasteiger partial charge < -0.3 is 19.5 Å². The number of nitrogens with zero attached hydrogens (tertiary/aromatic N) is 2. The summed E-state index contributed by atoms with van der Waals surface area (Å²) in [6.45, 7) is 3.94. The van der Waals surface area contributed by atoms with E-state index >= 15 is 0 Å². The summed E-state index contributed by atoms with van der Waals surface area (Å²) < 4.78 is 5.47. The molecule has 1 fully saturated rings. The lowest BCUT2D eigenvalue weighted by Gasteiger charge is -2.32. The summed E-state index contributed by atoms with van der Waals surface area (Å²) in [4.78, 5) is 15.6. The summed E-state index contributed by atoms with van der Waals surface area (Å²) in [5, 5.41) is 9.61. The van der Waals surface area contributed by atoms with Gasteiger partial charge in [0.1, 0.15) is 5.75 Å². The maximum Gasteiger partial charge on any atom is 0.376 e. The molecule has 3 rings (SSSR count). The molecule has 0 bridgehead atoms. The van der Waals surface area contributed by atoms with Crippen LogP contribution in [0.2, 0.25) is 6.82 Å². The lowest BCUT2D eigenvalue weighted by atomic mass is 9.80. The number of ether oxygens (including phenoxy) is 1. The molecule has 2 heterocycles. The SMILES string of the molecule is CB(O)N1CCC(CCc2ccc3c(c2)N(C)C(=O)CO3)CC1. The van der Waals surface area contributed by atoms with Gasteiger partial charge in [0.05, 0.1) is 5.69 Å². The van der Waals surface area contributed by atoms with Crippen LogP contribution in [0.5, 0.6) is 5.75 Å². The lowest BCUT2D eigenvalue weighted by molar-refractivity contribution is -0.120. The fourth-order valence-electron chi connectivity index (χ4n) is 3.46.